The fourth-order valence-electron chi connectivity index (χ4n) is 2.28. The van der Waals surface area contributed by atoms with Crippen molar-refractivity contribution in [1.82, 2.24) is 0 Å². The lowest BCUT2D eigenvalue weighted by Gasteiger charge is -2.31. The minimum Gasteiger partial charge on any atom is -0.466 e. The molecule has 2 N–H and O–H groups in total. The molecule has 0 unspecified atom stereocenters. The summed E-state index contributed by atoms with van der Waals surface area (Å²) in [5.41, 5.74) is -0.735. The molecule has 0 aromatic heterocycles. The molecule has 0 aliphatic carbocycles. The Morgan fingerprint density at radius 2 is 1.61 bits per heavy atom. The third kappa shape index (κ3) is 5.98. The summed E-state index contributed by atoms with van der Waals surface area (Å²) in [7, 11) is -4.08. The van der Waals surface area contributed by atoms with Gasteiger partial charge in [0.1, 0.15) is 0 Å². The van der Waals surface area contributed by atoms with Gasteiger partial charge in [-0.15, -0.1) is 0 Å². The van der Waals surface area contributed by atoms with Crippen LogP contribution >= 0.6 is 7.60 Å². The second-order valence-corrected chi connectivity index (χ2v) is 6.42. The first kappa shape index (κ1) is 17.6. The summed E-state index contributed by atoms with van der Waals surface area (Å²) >= 11 is 0. The molecule has 0 aliphatic rings. The van der Waals surface area contributed by atoms with E-state index in [9.17, 15) is 9.36 Å². The highest BCUT2D eigenvalue weighted by Crippen LogP contribution is 2.43. The second kappa shape index (κ2) is 7.93. The fourth-order valence-corrected chi connectivity index (χ4v) is 3.00. The first-order valence-electron chi connectivity index (χ1n) is 6.53. The molecule has 0 rings (SSSR count). The van der Waals surface area contributed by atoms with Crippen LogP contribution in [0.25, 0.3) is 0 Å². The first-order chi connectivity index (χ1) is 8.31. The zero-order valence-corrected chi connectivity index (χ0v) is 12.4. The molecule has 0 heterocycles. The van der Waals surface area contributed by atoms with Crippen molar-refractivity contribution in [3.63, 3.8) is 0 Å². The summed E-state index contributed by atoms with van der Waals surface area (Å²) in [6, 6.07) is 0. The molecule has 18 heavy (non-hydrogen) atoms. The normalized spacial score (nSPS) is 12.5. The van der Waals surface area contributed by atoms with Gasteiger partial charge in [0, 0.05) is 0 Å². The molecule has 0 atom stereocenters. The van der Waals surface area contributed by atoms with E-state index in [1.165, 1.54) is 0 Å². The van der Waals surface area contributed by atoms with Gasteiger partial charge in [0.05, 0.1) is 18.2 Å². The molecular formula is C12H25O5P. The van der Waals surface area contributed by atoms with Crippen LogP contribution in [-0.4, -0.2) is 28.5 Å². The Bertz CT molecular complexity index is 291. The van der Waals surface area contributed by atoms with Crippen molar-refractivity contribution in [2.45, 2.75) is 52.9 Å². The molecule has 0 aliphatic heterocycles. The second-order valence-electron chi connectivity index (χ2n) is 4.64. The molecular weight excluding hydrogens is 255 g/mol. The largest absolute Gasteiger partial charge is 0.466 e. The summed E-state index contributed by atoms with van der Waals surface area (Å²) in [5, 5.41) is 0. The van der Waals surface area contributed by atoms with Crippen molar-refractivity contribution < 1.29 is 23.9 Å². The lowest BCUT2D eigenvalue weighted by atomic mass is 9.77. The van der Waals surface area contributed by atoms with Gasteiger partial charge in [-0.3, -0.25) is 9.36 Å². The average molecular weight is 280 g/mol. The van der Waals surface area contributed by atoms with Crippen molar-refractivity contribution in [3.8, 4) is 0 Å². The third-order valence-electron chi connectivity index (χ3n) is 3.05. The van der Waals surface area contributed by atoms with Crippen LogP contribution in [0.1, 0.15) is 52.9 Å². The van der Waals surface area contributed by atoms with Gasteiger partial charge in [-0.25, -0.2) is 0 Å². The van der Waals surface area contributed by atoms with Crippen LogP contribution in [0.2, 0.25) is 0 Å². The highest BCUT2D eigenvalue weighted by Gasteiger charge is 2.39. The molecule has 6 heteroatoms. The Morgan fingerprint density at radius 1 is 1.11 bits per heavy atom. The van der Waals surface area contributed by atoms with Gasteiger partial charge < -0.3 is 14.5 Å². The number of hydrogen-bond acceptors (Lipinski definition) is 3. The maximum atomic E-state index is 12.1. The monoisotopic (exact) mass is 280 g/mol. The Morgan fingerprint density at radius 3 is 1.94 bits per heavy atom. The molecule has 0 fully saturated rings. The van der Waals surface area contributed by atoms with E-state index >= 15 is 0 Å². The number of carbonyl (C=O) groups excluding carboxylic acids is 1. The van der Waals surface area contributed by atoms with Crippen molar-refractivity contribution in [2.24, 2.45) is 5.41 Å². The van der Waals surface area contributed by atoms with Gasteiger partial charge in [-0.2, -0.15) is 0 Å². The summed E-state index contributed by atoms with van der Waals surface area (Å²) in [4.78, 5) is 30.1. The van der Waals surface area contributed by atoms with Crippen molar-refractivity contribution >= 4 is 13.6 Å². The van der Waals surface area contributed by atoms with Gasteiger partial charge in [0.25, 0.3) is 0 Å². The van der Waals surface area contributed by atoms with E-state index in [-0.39, 0.29) is 18.6 Å². The van der Waals surface area contributed by atoms with Gasteiger partial charge in [0.15, 0.2) is 0 Å². The van der Waals surface area contributed by atoms with Crippen LogP contribution in [0.15, 0.2) is 0 Å². The Labute approximate surface area is 109 Å². The quantitative estimate of drug-likeness (QED) is 0.501. The molecule has 108 valence electrons. The summed E-state index contributed by atoms with van der Waals surface area (Å²) in [6.45, 7) is 5.95. The molecule has 0 aromatic rings. The van der Waals surface area contributed by atoms with Crippen LogP contribution in [0.4, 0.5) is 0 Å². The number of rotatable bonds is 9. The molecule has 0 saturated carbocycles. The molecule has 0 bridgehead atoms. The van der Waals surface area contributed by atoms with E-state index in [4.69, 9.17) is 14.5 Å². The average Bonchev–Trinajstić information content (AvgIpc) is 2.26. The minimum atomic E-state index is -4.08. The predicted octanol–water partition coefficient (Wildman–Crippen LogP) is 2.70. The van der Waals surface area contributed by atoms with Crippen LogP contribution in [-0.2, 0) is 14.1 Å². The molecule has 0 aromatic carbocycles. The third-order valence-corrected chi connectivity index (χ3v) is 3.85. The van der Waals surface area contributed by atoms with E-state index in [2.05, 4.69) is 0 Å². The summed E-state index contributed by atoms with van der Waals surface area (Å²) in [6.07, 6.45) is 2.74. The van der Waals surface area contributed by atoms with Crippen LogP contribution in [0, 0.1) is 5.41 Å². The first-order valence-corrected chi connectivity index (χ1v) is 8.33. The highest BCUT2D eigenvalue weighted by atomic mass is 31.2. The maximum Gasteiger partial charge on any atom is 0.325 e. The predicted molar refractivity (Wildman–Crippen MR) is 70.4 cm³/mol. The van der Waals surface area contributed by atoms with E-state index in [0.717, 1.165) is 12.8 Å². The van der Waals surface area contributed by atoms with E-state index in [1.807, 2.05) is 13.8 Å². The topological polar surface area (TPSA) is 83.8 Å². The van der Waals surface area contributed by atoms with Crippen molar-refractivity contribution in [2.75, 3.05) is 12.8 Å². The summed E-state index contributed by atoms with van der Waals surface area (Å²) in [5.74, 6) is -0.317. The summed E-state index contributed by atoms with van der Waals surface area (Å²) < 4.78 is 16.1. The highest BCUT2D eigenvalue weighted by molar-refractivity contribution is 7.51. The molecule has 0 spiro atoms. The molecule has 5 nitrogen and oxygen atoms in total. The zero-order valence-electron chi connectivity index (χ0n) is 11.5. The number of hydrogen-bond donors (Lipinski definition) is 2. The number of ether oxygens (including phenoxy) is 1. The molecule has 0 radical (unpaired) electrons. The number of carbonyl (C=O) groups is 1. The molecule has 0 amide bonds. The molecule has 0 saturated heterocycles. The van der Waals surface area contributed by atoms with Crippen LogP contribution in [0.5, 0.6) is 0 Å². The standard InChI is InChI=1S/C12H25O5P/c1-4-7-12(8-5-2,11(13)17-6-3)9-10-18(14,15)16/h4-10H2,1-3H3,(H2,14,15,16). The Hall–Kier alpha value is -0.380. The van der Waals surface area contributed by atoms with Crippen molar-refractivity contribution in [3.05, 3.63) is 0 Å². The van der Waals surface area contributed by atoms with Crippen molar-refractivity contribution in [1.29, 1.82) is 0 Å². The van der Waals surface area contributed by atoms with Gasteiger partial charge in [0.2, 0.25) is 0 Å². The zero-order chi connectivity index (χ0) is 14.2. The lowest BCUT2D eigenvalue weighted by Crippen LogP contribution is -2.34. The van der Waals surface area contributed by atoms with Crippen LogP contribution < -0.4 is 0 Å². The van der Waals surface area contributed by atoms with Gasteiger partial charge in [-0.05, 0) is 26.2 Å². The fraction of sp³-hybridized carbons (Fsp3) is 0.917. The SMILES string of the molecule is CCCC(CCC)(CCP(=O)(O)O)C(=O)OCC. The lowest BCUT2D eigenvalue weighted by molar-refractivity contribution is -0.156. The van der Waals surface area contributed by atoms with E-state index in [0.29, 0.717) is 19.4 Å². The minimum absolute atomic E-state index is 0.192. The number of esters is 1. The van der Waals surface area contributed by atoms with Crippen LogP contribution in [0.3, 0.4) is 0 Å². The van der Waals surface area contributed by atoms with Gasteiger partial charge >= 0.3 is 13.6 Å². The van der Waals surface area contributed by atoms with Gasteiger partial charge in [-0.1, -0.05) is 26.7 Å². The Kier molecular flexibility index (Phi) is 7.76. The van der Waals surface area contributed by atoms with E-state index in [1.54, 1.807) is 6.92 Å². The van der Waals surface area contributed by atoms with E-state index < -0.39 is 13.0 Å². The Balaban J connectivity index is 4.95. The smallest absolute Gasteiger partial charge is 0.325 e. The maximum absolute atomic E-state index is 12.1.